The van der Waals surface area contributed by atoms with Crippen LogP contribution in [-0.2, 0) is 14.3 Å². The summed E-state index contributed by atoms with van der Waals surface area (Å²) in [7, 11) is 0. The number of aliphatic hydroxyl groups excluding tert-OH is 3. The summed E-state index contributed by atoms with van der Waals surface area (Å²) in [6.45, 7) is 1.44. The van der Waals surface area contributed by atoms with Crippen LogP contribution in [0.3, 0.4) is 0 Å². The predicted molar refractivity (Wildman–Crippen MR) is 49.0 cm³/mol. The van der Waals surface area contributed by atoms with Crippen molar-refractivity contribution in [3.8, 4) is 0 Å². The standard InChI is InChI=1S/C9H16O6/c1-2-14-9(13)6-3-5(11)8(12)7(4-10)15-6/h5-8,10-12H,2-4H2,1H3/t5-,6+,7+,8-/m0/s1. The molecule has 3 N–H and O–H groups in total. The fraction of sp³-hybridized carbons (Fsp3) is 0.889. The van der Waals surface area contributed by atoms with Crippen molar-refractivity contribution < 1.29 is 29.6 Å². The molecular formula is C9H16O6. The highest BCUT2D eigenvalue weighted by Gasteiger charge is 2.39. The van der Waals surface area contributed by atoms with Gasteiger partial charge in [0.05, 0.1) is 19.3 Å². The van der Waals surface area contributed by atoms with Gasteiger partial charge in [-0.3, -0.25) is 0 Å². The monoisotopic (exact) mass is 220 g/mol. The highest BCUT2D eigenvalue weighted by molar-refractivity contribution is 5.74. The first-order valence-electron chi connectivity index (χ1n) is 4.89. The second kappa shape index (κ2) is 5.41. The minimum absolute atomic E-state index is 0.0174. The summed E-state index contributed by atoms with van der Waals surface area (Å²) in [5.74, 6) is -0.582. The van der Waals surface area contributed by atoms with Crippen molar-refractivity contribution >= 4 is 5.97 Å². The summed E-state index contributed by atoms with van der Waals surface area (Å²) >= 11 is 0. The van der Waals surface area contributed by atoms with Crippen molar-refractivity contribution in [2.75, 3.05) is 13.2 Å². The molecule has 4 atom stereocenters. The maximum absolute atomic E-state index is 11.3. The second-order valence-electron chi connectivity index (χ2n) is 3.39. The SMILES string of the molecule is CCOC(=O)[C@H]1C[C@H](O)[C@H](O)[C@@H](CO)O1. The molecule has 0 amide bonds. The van der Waals surface area contributed by atoms with Crippen molar-refractivity contribution in [1.82, 2.24) is 0 Å². The molecule has 0 saturated carbocycles. The third kappa shape index (κ3) is 2.88. The molecule has 1 aliphatic heterocycles. The Kier molecular flexibility index (Phi) is 4.46. The van der Waals surface area contributed by atoms with E-state index in [0.717, 1.165) is 0 Å². The van der Waals surface area contributed by atoms with Crippen molar-refractivity contribution in [3.63, 3.8) is 0 Å². The Bertz CT molecular complexity index is 219. The van der Waals surface area contributed by atoms with Gasteiger partial charge < -0.3 is 24.8 Å². The predicted octanol–water partition coefficient (Wildman–Crippen LogP) is -1.58. The number of esters is 1. The van der Waals surface area contributed by atoms with E-state index < -0.39 is 37.0 Å². The van der Waals surface area contributed by atoms with Crippen molar-refractivity contribution in [3.05, 3.63) is 0 Å². The second-order valence-corrected chi connectivity index (χ2v) is 3.39. The minimum atomic E-state index is -1.17. The van der Waals surface area contributed by atoms with E-state index in [1.165, 1.54) is 0 Å². The number of hydrogen-bond donors (Lipinski definition) is 3. The molecular weight excluding hydrogens is 204 g/mol. The highest BCUT2D eigenvalue weighted by atomic mass is 16.6. The lowest BCUT2D eigenvalue weighted by molar-refractivity contribution is -0.199. The van der Waals surface area contributed by atoms with Gasteiger partial charge in [-0.1, -0.05) is 0 Å². The smallest absolute Gasteiger partial charge is 0.335 e. The van der Waals surface area contributed by atoms with Crippen LogP contribution in [0.4, 0.5) is 0 Å². The number of ether oxygens (including phenoxy) is 2. The minimum Gasteiger partial charge on any atom is -0.464 e. The normalized spacial score (nSPS) is 36.3. The van der Waals surface area contributed by atoms with Gasteiger partial charge in [0.2, 0.25) is 0 Å². The van der Waals surface area contributed by atoms with Crippen molar-refractivity contribution in [1.29, 1.82) is 0 Å². The Morgan fingerprint density at radius 2 is 2.20 bits per heavy atom. The van der Waals surface area contributed by atoms with Crippen LogP contribution in [0.1, 0.15) is 13.3 Å². The Morgan fingerprint density at radius 3 is 2.73 bits per heavy atom. The molecule has 1 rings (SSSR count). The molecule has 1 saturated heterocycles. The number of aliphatic hydroxyl groups is 3. The van der Waals surface area contributed by atoms with E-state index in [1.807, 2.05) is 0 Å². The fourth-order valence-electron chi connectivity index (χ4n) is 1.49. The van der Waals surface area contributed by atoms with Crippen LogP contribution in [0.2, 0.25) is 0 Å². The van der Waals surface area contributed by atoms with E-state index in [2.05, 4.69) is 0 Å². The first kappa shape index (κ1) is 12.4. The third-order valence-electron chi connectivity index (χ3n) is 2.30. The molecule has 0 spiro atoms. The van der Waals surface area contributed by atoms with Gasteiger partial charge in [-0.05, 0) is 6.92 Å². The lowest BCUT2D eigenvalue weighted by Crippen LogP contribution is -2.52. The highest BCUT2D eigenvalue weighted by Crippen LogP contribution is 2.21. The molecule has 1 fully saturated rings. The van der Waals surface area contributed by atoms with Crippen molar-refractivity contribution in [2.24, 2.45) is 0 Å². The van der Waals surface area contributed by atoms with Crippen LogP contribution in [0, 0.1) is 0 Å². The number of carbonyl (C=O) groups is 1. The van der Waals surface area contributed by atoms with Crippen LogP contribution in [0.15, 0.2) is 0 Å². The van der Waals surface area contributed by atoms with Gasteiger partial charge in [-0.15, -0.1) is 0 Å². The van der Waals surface area contributed by atoms with Crippen LogP contribution in [0.25, 0.3) is 0 Å². The lowest BCUT2D eigenvalue weighted by atomic mass is 9.98. The van der Waals surface area contributed by atoms with Gasteiger partial charge >= 0.3 is 5.97 Å². The summed E-state index contributed by atoms with van der Waals surface area (Å²) in [5.41, 5.74) is 0. The first-order chi connectivity index (χ1) is 7.10. The molecule has 0 unspecified atom stereocenters. The topological polar surface area (TPSA) is 96.2 Å². The average Bonchev–Trinajstić information content (AvgIpc) is 2.22. The van der Waals surface area contributed by atoms with E-state index in [4.69, 9.17) is 14.6 Å². The molecule has 0 aliphatic carbocycles. The number of hydrogen-bond acceptors (Lipinski definition) is 6. The molecule has 0 aromatic heterocycles. The van der Waals surface area contributed by atoms with Gasteiger partial charge in [0.1, 0.15) is 12.2 Å². The molecule has 1 aliphatic rings. The first-order valence-corrected chi connectivity index (χ1v) is 4.89. The molecule has 0 aromatic rings. The Labute approximate surface area is 87.4 Å². The van der Waals surface area contributed by atoms with Gasteiger partial charge in [0, 0.05) is 6.42 Å². The Balaban J connectivity index is 2.58. The van der Waals surface area contributed by atoms with Crippen LogP contribution in [-0.4, -0.2) is 58.9 Å². The number of carbonyl (C=O) groups excluding carboxylic acids is 1. The van der Waals surface area contributed by atoms with E-state index >= 15 is 0 Å². The molecule has 0 radical (unpaired) electrons. The summed E-state index contributed by atoms with van der Waals surface area (Å²) < 4.78 is 9.82. The lowest BCUT2D eigenvalue weighted by Gasteiger charge is -2.35. The van der Waals surface area contributed by atoms with E-state index in [0.29, 0.717) is 0 Å². The van der Waals surface area contributed by atoms with Gasteiger partial charge in [0.15, 0.2) is 6.10 Å². The average molecular weight is 220 g/mol. The maximum Gasteiger partial charge on any atom is 0.335 e. The summed E-state index contributed by atoms with van der Waals surface area (Å²) in [4.78, 5) is 11.3. The van der Waals surface area contributed by atoms with Crippen LogP contribution in [0.5, 0.6) is 0 Å². The zero-order valence-electron chi connectivity index (χ0n) is 8.50. The van der Waals surface area contributed by atoms with E-state index in [1.54, 1.807) is 6.92 Å². The van der Waals surface area contributed by atoms with E-state index in [9.17, 15) is 15.0 Å². The van der Waals surface area contributed by atoms with Gasteiger partial charge in [0.25, 0.3) is 0 Å². The van der Waals surface area contributed by atoms with Crippen LogP contribution < -0.4 is 0 Å². The Morgan fingerprint density at radius 1 is 1.53 bits per heavy atom. The van der Waals surface area contributed by atoms with Crippen LogP contribution >= 0.6 is 0 Å². The molecule has 0 aromatic carbocycles. The fourth-order valence-corrected chi connectivity index (χ4v) is 1.49. The molecule has 1 heterocycles. The molecule has 0 bridgehead atoms. The summed E-state index contributed by atoms with van der Waals surface area (Å²) in [6, 6.07) is 0. The van der Waals surface area contributed by atoms with Gasteiger partial charge in [-0.2, -0.15) is 0 Å². The Hall–Kier alpha value is -0.690. The largest absolute Gasteiger partial charge is 0.464 e. The van der Waals surface area contributed by atoms with E-state index in [-0.39, 0.29) is 13.0 Å². The molecule has 6 nitrogen and oxygen atoms in total. The molecule has 6 heteroatoms. The molecule has 15 heavy (non-hydrogen) atoms. The summed E-state index contributed by atoms with van der Waals surface area (Å²) in [5, 5.41) is 27.7. The zero-order chi connectivity index (χ0) is 11.4. The van der Waals surface area contributed by atoms with Gasteiger partial charge in [-0.25, -0.2) is 4.79 Å². The zero-order valence-corrected chi connectivity index (χ0v) is 8.50. The third-order valence-corrected chi connectivity index (χ3v) is 2.30. The summed E-state index contributed by atoms with van der Waals surface area (Å²) in [6.07, 6.45) is -4.12. The number of rotatable bonds is 3. The van der Waals surface area contributed by atoms with Crippen molar-refractivity contribution in [2.45, 2.75) is 37.8 Å². The molecule has 88 valence electrons. The maximum atomic E-state index is 11.3. The quantitative estimate of drug-likeness (QED) is 0.497.